The van der Waals surface area contributed by atoms with E-state index >= 15 is 0 Å². The second-order valence-corrected chi connectivity index (χ2v) is 5.01. The van der Waals surface area contributed by atoms with Gasteiger partial charge in [-0.15, -0.1) is 0 Å². The quantitative estimate of drug-likeness (QED) is 0.845. The van der Waals surface area contributed by atoms with Gasteiger partial charge in [-0.1, -0.05) is 18.9 Å². The molecule has 4 heteroatoms. The smallest absolute Gasteiger partial charge is 0.213 e. The van der Waals surface area contributed by atoms with Crippen molar-refractivity contribution in [2.24, 2.45) is 0 Å². The van der Waals surface area contributed by atoms with Gasteiger partial charge in [0.1, 0.15) is 12.2 Å². The molecule has 1 fully saturated rings. The van der Waals surface area contributed by atoms with E-state index in [1.165, 1.54) is 25.7 Å². The third-order valence-electron chi connectivity index (χ3n) is 3.46. The van der Waals surface area contributed by atoms with E-state index in [-0.39, 0.29) is 12.5 Å². The van der Waals surface area contributed by atoms with Crippen LogP contribution in [-0.2, 0) is 0 Å². The Balaban J connectivity index is 2.00. The molecule has 1 saturated carbocycles. The molecule has 1 heterocycles. The third-order valence-corrected chi connectivity index (χ3v) is 3.46. The number of hydrogen-bond donors (Lipinski definition) is 1. The van der Waals surface area contributed by atoms with Gasteiger partial charge in [-0.3, -0.25) is 0 Å². The van der Waals surface area contributed by atoms with Crippen molar-refractivity contribution in [2.75, 3.05) is 0 Å². The maximum Gasteiger partial charge on any atom is 0.213 e. The fourth-order valence-electron chi connectivity index (χ4n) is 2.40. The molecule has 0 radical (unpaired) electrons. The molecule has 0 aliphatic heterocycles. The normalized spacial score (nSPS) is 18.3. The Morgan fingerprint density at radius 3 is 2.74 bits per heavy atom. The van der Waals surface area contributed by atoms with Crippen LogP contribution in [-0.4, -0.2) is 16.2 Å². The number of aromatic nitrogens is 1. The Hall–Kier alpha value is -1.60. The highest BCUT2D eigenvalue weighted by atomic mass is 16.5. The largest absolute Gasteiger partial charge is 0.474 e. The fraction of sp³-hybridized carbons (Fsp3) is 0.600. The lowest BCUT2D eigenvalue weighted by Crippen LogP contribution is -2.16. The van der Waals surface area contributed by atoms with E-state index in [2.05, 4.69) is 4.98 Å². The van der Waals surface area contributed by atoms with Gasteiger partial charge >= 0.3 is 0 Å². The molecule has 1 aromatic rings. The van der Waals surface area contributed by atoms with Crippen molar-refractivity contribution < 1.29 is 9.84 Å². The second-order valence-electron chi connectivity index (χ2n) is 5.01. The number of nitriles is 1. The number of ether oxygens (including phenoxy) is 1. The summed E-state index contributed by atoms with van der Waals surface area (Å²) in [7, 11) is 0. The van der Waals surface area contributed by atoms with Crippen LogP contribution in [0.2, 0.25) is 0 Å². The number of aliphatic hydroxyl groups is 1. The summed E-state index contributed by atoms with van der Waals surface area (Å²) in [6.45, 7) is 0. The molecule has 1 unspecified atom stereocenters. The average Bonchev–Trinajstić information content (AvgIpc) is 2.68. The Bertz CT molecular complexity index is 434. The van der Waals surface area contributed by atoms with Gasteiger partial charge in [-0.05, 0) is 31.7 Å². The standard InChI is InChI=1S/C15H20N2O2/c16-11-10-14(18)13-8-5-9-15(17-13)19-12-6-3-1-2-4-7-12/h5,8-9,12,14,18H,1-4,6-7,10H2. The molecule has 1 aromatic heterocycles. The fourth-order valence-corrected chi connectivity index (χ4v) is 2.40. The molecular weight excluding hydrogens is 240 g/mol. The molecule has 1 N–H and O–H groups in total. The van der Waals surface area contributed by atoms with Crippen molar-refractivity contribution in [2.45, 2.75) is 57.2 Å². The number of pyridine rings is 1. The van der Waals surface area contributed by atoms with Crippen LogP contribution in [0.5, 0.6) is 5.88 Å². The van der Waals surface area contributed by atoms with Gasteiger partial charge in [0.25, 0.3) is 0 Å². The van der Waals surface area contributed by atoms with Crippen LogP contribution in [0.3, 0.4) is 0 Å². The maximum absolute atomic E-state index is 9.76. The molecule has 0 aromatic carbocycles. The van der Waals surface area contributed by atoms with Crippen LogP contribution in [0, 0.1) is 11.3 Å². The Morgan fingerprint density at radius 1 is 1.32 bits per heavy atom. The van der Waals surface area contributed by atoms with E-state index in [1.54, 1.807) is 6.07 Å². The number of nitrogens with zero attached hydrogens (tertiary/aromatic N) is 2. The number of aliphatic hydroxyl groups excluding tert-OH is 1. The lowest BCUT2D eigenvalue weighted by molar-refractivity contribution is 0.162. The van der Waals surface area contributed by atoms with E-state index in [0.29, 0.717) is 11.6 Å². The Kier molecular flexibility index (Phi) is 5.17. The third kappa shape index (κ3) is 4.22. The minimum atomic E-state index is -0.831. The lowest BCUT2D eigenvalue weighted by atomic mass is 10.1. The van der Waals surface area contributed by atoms with Crippen molar-refractivity contribution in [3.05, 3.63) is 23.9 Å². The zero-order valence-corrected chi connectivity index (χ0v) is 11.1. The van der Waals surface area contributed by atoms with Crippen molar-refractivity contribution in [1.82, 2.24) is 4.98 Å². The van der Waals surface area contributed by atoms with Crippen molar-refractivity contribution in [3.63, 3.8) is 0 Å². The highest BCUT2D eigenvalue weighted by Gasteiger charge is 2.15. The zero-order valence-electron chi connectivity index (χ0n) is 11.1. The van der Waals surface area contributed by atoms with Crippen LogP contribution < -0.4 is 4.74 Å². The van der Waals surface area contributed by atoms with Gasteiger partial charge in [-0.25, -0.2) is 4.98 Å². The molecule has 0 saturated heterocycles. The molecule has 2 rings (SSSR count). The monoisotopic (exact) mass is 260 g/mol. The van der Waals surface area contributed by atoms with Gasteiger partial charge < -0.3 is 9.84 Å². The lowest BCUT2D eigenvalue weighted by Gasteiger charge is -2.17. The summed E-state index contributed by atoms with van der Waals surface area (Å²) in [5, 5.41) is 18.3. The van der Waals surface area contributed by atoms with E-state index in [1.807, 2.05) is 18.2 Å². The first-order chi connectivity index (χ1) is 9.29. The second kappa shape index (κ2) is 7.10. The predicted octanol–water partition coefficient (Wildman–Crippen LogP) is 3.13. The van der Waals surface area contributed by atoms with Crippen molar-refractivity contribution in [1.29, 1.82) is 5.26 Å². The summed E-state index contributed by atoms with van der Waals surface area (Å²) in [6, 6.07) is 7.30. The highest BCUT2D eigenvalue weighted by Crippen LogP contribution is 2.23. The Labute approximate surface area is 114 Å². The maximum atomic E-state index is 9.76. The molecule has 0 spiro atoms. The predicted molar refractivity (Wildman–Crippen MR) is 71.5 cm³/mol. The van der Waals surface area contributed by atoms with Crippen LogP contribution in [0.15, 0.2) is 18.2 Å². The number of rotatable bonds is 4. The molecule has 0 bridgehead atoms. The van der Waals surface area contributed by atoms with Crippen LogP contribution >= 0.6 is 0 Å². The van der Waals surface area contributed by atoms with Crippen molar-refractivity contribution >= 4 is 0 Å². The first-order valence-corrected chi connectivity index (χ1v) is 6.98. The van der Waals surface area contributed by atoms with Crippen LogP contribution in [0.25, 0.3) is 0 Å². The summed E-state index contributed by atoms with van der Waals surface area (Å²) < 4.78 is 5.90. The minimum Gasteiger partial charge on any atom is -0.474 e. The summed E-state index contributed by atoms with van der Waals surface area (Å²) in [5.74, 6) is 0.557. The first-order valence-electron chi connectivity index (χ1n) is 6.98. The SMILES string of the molecule is N#CCC(O)c1cccc(OC2CCCCCC2)n1. The van der Waals surface area contributed by atoms with E-state index in [4.69, 9.17) is 10.00 Å². The molecular formula is C15H20N2O2. The van der Waals surface area contributed by atoms with E-state index in [9.17, 15) is 5.11 Å². The summed E-state index contributed by atoms with van der Waals surface area (Å²) in [5.41, 5.74) is 0.507. The van der Waals surface area contributed by atoms with Gasteiger partial charge in [0.2, 0.25) is 5.88 Å². The minimum absolute atomic E-state index is 0.0554. The summed E-state index contributed by atoms with van der Waals surface area (Å²) in [4.78, 5) is 4.29. The van der Waals surface area contributed by atoms with Crippen molar-refractivity contribution in [3.8, 4) is 11.9 Å². The molecule has 1 aliphatic rings. The molecule has 4 nitrogen and oxygen atoms in total. The van der Waals surface area contributed by atoms with Gasteiger partial charge in [0.05, 0.1) is 18.2 Å². The van der Waals surface area contributed by atoms with E-state index in [0.717, 1.165) is 12.8 Å². The van der Waals surface area contributed by atoms with Gasteiger partial charge in [0, 0.05) is 6.07 Å². The highest BCUT2D eigenvalue weighted by molar-refractivity contribution is 5.18. The zero-order chi connectivity index (χ0) is 13.5. The van der Waals surface area contributed by atoms with Gasteiger partial charge in [0.15, 0.2) is 0 Å². The molecule has 19 heavy (non-hydrogen) atoms. The van der Waals surface area contributed by atoms with Crippen LogP contribution in [0.4, 0.5) is 0 Å². The average molecular weight is 260 g/mol. The van der Waals surface area contributed by atoms with Crippen LogP contribution in [0.1, 0.15) is 56.7 Å². The van der Waals surface area contributed by atoms with Gasteiger partial charge in [-0.2, -0.15) is 5.26 Å². The Morgan fingerprint density at radius 2 is 2.05 bits per heavy atom. The molecule has 0 amide bonds. The topological polar surface area (TPSA) is 66.1 Å². The molecule has 1 aliphatic carbocycles. The molecule has 102 valence electrons. The first kappa shape index (κ1) is 13.8. The summed E-state index contributed by atoms with van der Waals surface area (Å²) in [6.07, 6.45) is 6.60. The number of hydrogen-bond acceptors (Lipinski definition) is 4. The summed E-state index contributed by atoms with van der Waals surface area (Å²) >= 11 is 0. The molecule has 1 atom stereocenters. The van der Waals surface area contributed by atoms with E-state index < -0.39 is 6.10 Å².